The minimum Gasteiger partial charge on any atom is -0.493 e. The lowest BCUT2D eigenvalue weighted by Crippen LogP contribution is -2.41. The first-order chi connectivity index (χ1) is 22.2. The number of carbonyl (C=O) groups excluding carboxylic acids is 2. The summed E-state index contributed by atoms with van der Waals surface area (Å²) in [5.41, 5.74) is 3.09. The van der Waals surface area contributed by atoms with Crippen molar-refractivity contribution in [2.45, 2.75) is 26.4 Å². The van der Waals surface area contributed by atoms with Gasteiger partial charge in [0.2, 0.25) is 5.75 Å². The molecular formula is C34H30ClN3O7S. The topological polar surface area (TPSA) is 109 Å². The fourth-order valence-electron chi connectivity index (χ4n) is 5.85. The number of ether oxygens (including phenoxy) is 4. The van der Waals surface area contributed by atoms with Gasteiger partial charge in [-0.2, -0.15) is 0 Å². The molecule has 0 N–H and O–H groups in total. The smallest absolute Gasteiger partial charge is 0.338 e. The SMILES string of the molecule is CCOC(=O)C1=C(C)N=c2sc(=C3C(=O)N(Cc4ccc(Cl)cc4)c4ccccc43)c(=O)n2C1c1cc(OC)c(OC)c(OC)c1. The van der Waals surface area contributed by atoms with Crippen LogP contribution in [0.4, 0.5) is 5.69 Å². The highest BCUT2D eigenvalue weighted by molar-refractivity contribution is 7.07. The third-order valence-electron chi connectivity index (χ3n) is 7.90. The van der Waals surface area contributed by atoms with Crippen LogP contribution in [-0.2, 0) is 20.9 Å². The molecule has 3 aromatic carbocycles. The molecule has 46 heavy (non-hydrogen) atoms. The van der Waals surface area contributed by atoms with Gasteiger partial charge in [-0.15, -0.1) is 0 Å². The van der Waals surface area contributed by atoms with Crippen molar-refractivity contribution in [2.24, 2.45) is 4.99 Å². The molecule has 0 spiro atoms. The van der Waals surface area contributed by atoms with Gasteiger partial charge in [0, 0.05) is 10.6 Å². The number of anilines is 1. The minimum atomic E-state index is -0.963. The molecule has 10 nitrogen and oxygen atoms in total. The molecule has 3 heterocycles. The van der Waals surface area contributed by atoms with Gasteiger partial charge in [0.25, 0.3) is 11.5 Å². The number of fused-ring (bicyclic) bond motifs is 2. The summed E-state index contributed by atoms with van der Waals surface area (Å²) in [7, 11) is 4.46. The Labute approximate surface area is 273 Å². The summed E-state index contributed by atoms with van der Waals surface area (Å²) in [6, 6.07) is 17.1. The molecule has 2 aliphatic rings. The number of aromatic nitrogens is 1. The highest BCUT2D eigenvalue weighted by Gasteiger charge is 2.38. The zero-order valence-electron chi connectivity index (χ0n) is 25.8. The Morgan fingerprint density at radius 2 is 1.65 bits per heavy atom. The summed E-state index contributed by atoms with van der Waals surface area (Å²) in [4.78, 5) is 48.8. The summed E-state index contributed by atoms with van der Waals surface area (Å²) in [6.45, 7) is 3.82. The van der Waals surface area contributed by atoms with E-state index in [1.54, 1.807) is 43.0 Å². The zero-order valence-corrected chi connectivity index (χ0v) is 27.3. The fraction of sp³-hybridized carbons (Fsp3) is 0.235. The monoisotopic (exact) mass is 659 g/mol. The van der Waals surface area contributed by atoms with Crippen molar-refractivity contribution >= 4 is 46.1 Å². The van der Waals surface area contributed by atoms with E-state index < -0.39 is 17.6 Å². The van der Waals surface area contributed by atoms with Crippen LogP contribution in [-0.4, -0.2) is 44.4 Å². The number of methoxy groups -OCH3 is 3. The first-order valence-corrected chi connectivity index (χ1v) is 15.6. The van der Waals surface area contributed by atoms with E-state index in [9.17, 15) is 14.4 Å². The maximum atomic E-state index is 14.6. The van der Waals surface area contributed by atoms with Gasteiger partial charge in [-0.1, -0.05) is 53.3 Å². The van der Waals surface area contributed by atoms with Crippen molar-refractivity contribution in [3.8, 4) is 17.2 Å². The van der Waals surface area contributed by atoms with Crippen LogP contribution in [0.2, 0.25) is 5.02 Å². The summed E-state index contributed by atoms with van der Waals surface area (Å²) >= 11 is 7.19. The second kappa shape index (κ2) is 12.5. The third kappa shape index (κ3) is 5.15. The van der Waals surface area contributed by atoms with Crippen molar-refractivity contribution in [3.63, 3.8) is 0 Å². The number of allylic oxidation sites excluding steroid dienone is 1. The van der Waals surface area contributed by atoms with Crippen molar-refractivity contribution < 1.29 is 28.5 Å². The summed E-state index contributed by atoms with van der Waals surface area (Å²) in [6.07, 6.45) is 0. The van der Waals surface area contributed by atoms with E-state index in [1.165, 1.54) is 25.9 Å². The molecule has 0 saturated heterocycles. The Morgan fingerprint density at radius 1 is 0.978 bits per heavy atom. The lowest BCUT2D eigenvalue weighted by molar-refractivity contribution is -0.139. The normalized spacial score (nSPS) is 16.5. The zero-order chi connectivity index (χ0) is 32.7. The molecule has 1 atom stereocenters. The Morgan fingerprint density at radius 3 is 2.28 bits per heavy atom. The van der Waals surface area contributed by atoms with Crippen LogP contribution in [0.1, 0.15) is 36.6 Å². The second-order valence-corrected chi connectivity index (χ2v) is 11.9. The number of benzene rings is 3. The number of nitrogens with zero attached hydrogens (tertiary/aromatic N) is 3. The van der Waals surface area contributed by atoms with Gasteiger partial charge in [-0.3, -0.25) is 14.2 Å². The lowest BCUT2D eigenvalue weighted by atomic mass is 9.95. The maximum Gasteiger partial charge on any atom is 0.338 e. The highest BCUT2D eigenvalue weighted by atomic mass is 35.5. The molecule has 12 heteroatoms. The molecule has 1 amide bonds. The Balaban J connectivity index is 1.60. The average Bonchev–Trinajstić information content (AvgIpc) is 3.52. The van der Waals surface area contributed by atoms with E-state index in [2.05, 4.69) is 4.99 Å². The first-order valence-electron chi connectivity index (χ1n) is 14.4. The fourth-order valence-corrected chi connectivity index (χ4v) is 7.11. The van der Waals surface area contributed by atoms with Gasteiger partial charge < -0.3 is 23.8 Å². The summed E-state index contributed by atoms with van der Waals surface area (Å²) in [5.74, 6) is 0.120. The maximum absolute atomic E-state index is 14.6. The van der Waals surface area contributed by atoms with Gasteiger partial charge in [-0.05, 0) is 55.3 Å². The molecule has 236 valence electrons. The van der Waals surface area contributed by atoms with Crippen molar-refractivity contribution in [2.75, 3.05) is 32.8 Å². The van der Waals surface area contributed by atoms with Gasteiger partial charge in [0.15, 0.2) is 16.3 Å². The molecule has 0 fully saturated rings. The standard InChI is InChI=1S/C34H30ClN3O7S/c1-6-45-33(41)26-18(2)36-34-38(28(26)20-15-24(42-3)29(44-5)25(16-20)43-4)32(40)30(46-34)27-22-9-7-8-10-23(22)37(31(27)39)17-19-11-13-21(35)14-12-19/h7-16,28H,6,17H2,1-5H3. The molecule has 0 bridgehead atoms. The number of rotatable bonds is 8. The largest absolute Gasteiger partial charge is 0.493 e. The average molecular weight is 660 g/mol. The van der Waals surface area contributed by atoms with E-state index in [4.69, 9.17) is 30.5 Å². The first kappa shape index (κ1) is 31.1. The van der Waals surface area contributed by atoms with Crippen LogP contribution in [0.15, 0.2) is 81.7 Å². The molecule has 1 unspecified atom stereocenters. The van der Waals surface area contributed by atoms with Crippen molar-refractivity contribution in [1.82, 2.24) is 4.57 Å². The Hall–Kier alpha value is -4.87. The van der Waals surface area contributed by atoms with Crippen molar-refractivity contribution in [3.05, 3.63) is 113 Å². The Kier molecular flexibility index (Phi) is 8.45. The molecule has 2 aliphatic heterocycles. The summed E-state index contributed by atoms with van der Waals surface area (Å²) in [5, 5.41) is 0.595. The van der Waals surface area contributed by atoms with Crippen LogP contribution in [0.25, 0.3) is 5.57 Å². The predicted octanol–water partition coefficient (Wildman–Crippen LogP) is 4.39. The highest BCUT2D eigenvalue weighted by Crippen LogP contribution is 2.43. The van der Waals surface area contributed by atoms with E-state index in [0.717, 1.165) is 16.9 Å². The Bertz CT molecular complexity index is 2070. The van der Waals surface area contributed by atoms with Gasteiger partial charge in [-0.25, -0.2) is 9.79 Å². The number of carbonyl (C=O) groups is 2. The molecular weight excluding hydrogens is 630 g/mol. The molecule has 1 aromatic heterocycles. The number of amides is 1. The van der Waals surface area contributed by atoms with Gasteiger partial charge >= 0.3 is 5.97 Å². The molecule has 6 rings (SSSR count). The quantitative estimate of drug-likeness (QED) is 0.258. The van der Waals surface area contributed by atoms with Crippen LogP contribution in [0.5, 0.6) is 17.2 Å². The van der Waals surface area contributed by atoms with Gasteiger partial charge in [0.05, 0.1) is 63.1 Å². The minimum absolute atomic E-state index is 0.126. The molecule has 0 saturated carbocycles. The summed E-state index contributed by atoms with van der Waals surface area (Å²) < 4.78 is 23.8. The lowest BCUT2D eigenvalue weighted by Gasteiger charge is -2.26. The number of hydrogen-bond acceptors (Lipinski definition) is 9. The van der Waals surface area contributed by atoms with Crippen LogP contribution < -0.4 is 34.0 Å². The number of hydrogen-bond donors (Lipinski definition) is 0. The second-order valence-electron chi connectivity index (χ2n) is 10.5. The molecule has 0 radical (unpaired) electrons. The number of para-hydroxylation sites is 1. The van der Waals surface area contributed by atoms with Crippen LogP contribution >= 0.6 is 22.9 Å². The third-order valence-corrected chi connectivity index (χ3v) is 9.20. The number of halogens is 1. The molecule has 4 aromatic rings. The number of thiazole rings is 1. The van der Waals surface area contributed by atoms with E-state index in [0.29, 0.717) is 49.6 Å². The molecule has 0 aliphatic carbocycles. The van der Waals surface area contributed by atoms with E-state index in [-0.39, 0.29) is 34.7 Å². The van der Waals surface area contributed by atoms with E-state index >= 15 is 0 Å². The van der Waals surface area contributed by atoms with Crippen LogP contribution in [0, 0.1) is 0 Å². The van der Waals surface area contributed by atoms with Crippen molar-refractivity contribution in [1.29, 1.82) is 0 Å². The number of esters is 1. The van der Waals surface area contributed by atoms with E-state index in [1.807, 2.05) is 36.4 Å². The van der Waals surface area contributed by atoms with Gasteiger partial charge in [0.1, 0.15) is 4.53 Å². The predicted molar refractivity (Wildman–Crippen MR) is 175 cm³/mol. The van der Waals surface area contributed by atoms with Crippen LogP contribution in [0.3, 0.4) is 0 Å².